The molecule has 0 aromatic carbocycles. The zero-order valence-electron chi connectivity index (χ0n) is 16.0. The Balaban J connectivity index is 3.18. The molecule has 0 aromatic heterocycles. The second-order valence-corrected chi connectivity index (χ2v) is 7.86. The zero-order valence-corrected chi connectivity index (χ0v) is 16.0. The zero-order chi connectivity index (χ0) is 17.6. The smallest absolute Gasteiger partial charge is 0.306 e. The van der Waals surface area contributed by atoms with E-state index in [4.69, 9.17) is 9.84 Å². The molecule has 0 fully saturated rings. The van der Waals surface area contributed by atoms with Gasteiger partial charge in [0, 0.05) is 6.42 Å². The Morgan fingerprint density at radius 2 is 1.22 bits per heavy atom. The van der Waals surface area contributed by atoms with Gasteiger partial charge in [-0.3, -0.25) is 4.79 Å². The van der Waals surface area contributed by atoms with E-state index in [1.165, 1.54) is 51.4 Å². The number of aliphatic hydroxyl groups is 1. The van der Waals surface area contributed by atoms with Crippen LogP contribution in [0.15, 0.2) is 0 Å². The highest BCUT2D eigenvalue weighted by Gasteiger charge is 2.15. The first-order valence-electron chi connectivity index (χ1n) is 9.71. The SMILES string of the molecule is CC(O)CCCCCCCCCCCCCC(=O)OC(C)(C)C. The van der Waals surface area contributed by atoms with Crippen molar-refractivity contribution >= 4 is 5.97 Å². The van der Waals surface area contributed by atoms with Gasteiger partial charge in [0.25, 0.3) is 0 Å². The first-order chi connectivity index (χ1) is 10.8. The molecule has 0 heterocycles. The van der Waals surface area contributed by atoms with Gasteiger partial charge in [-0.25, -0.2) is 0 Å². The van der Waals surface area contributed by atoms with Crippen LogP contribution in [0.4, 0.5) is 0 Å². The van der Waals surface area contributed by atoms with E-state index in [-0.39, 0.29) is 17.7 Å². The maximum atomic E-state index is 11.5. The number of ether oxygens (including phenoxy) is 1. The van der Waals surface area contributed by atoms with Crippen molar-refractivity contribution in [3.8, 4) is 0 Å². The summed E-state index contributed by atoms with van der Waals surface area (Å²) in [5.41, 5.74) is -0.354. The van der Waals surface area contributed by atoms with Gasteiger partial charge in [-0.15, -0.1) is 0 Å². The molecule has 0 aliphatic carbocycles. The van der Waals surface area contributed by atoms with Gasteiger partial charge in [0.15, 0.2) is 0 Å². The average molecular weight is 329 g/mol. The molecule has 1 N–H and O–H groups in total. The Morgan fingerprint density at radius 1 is 0.826 bits per heavy atom. The van der Waals surface area contributed by atoms with Crippen molar-refractivity contribution in [2.45, 2.75) is 123 Å². The van der Waals surface area contributed by atoms with E-state index in [1.54, 1.807) is 0 Å². The van der Waals surface area contributed by atoms with E-state index in [0.29, 0.717) is 6.42 Å². The fraction of sp³-hybridized carbons (Fsp3) is 0.950. The lowest BCUT2D eigenvalue weighted by Crippen LogP contribution is -2.23. The van der Waals surface area contributed by atoms with Gasteiger partial charge in [0.1, 0.15) is 5.60 Å². The van der Waals surface area contributed by atoms with Crippen molar-refractivity contribution in [2.24, 2.45) is 0 Å². The summed E-state index contributed by atoms with van der Waals surface area (Å²) in [6, 6.07) is 0. The van der Waals surface area contributed by atoms with Gasteiger partial charge >= 0.3 is 5.97 Å². The van der Waals surface area contributed by atoms with E-state index in [2.05, 4.69) is 0 Å². The predicted molar refractivity (Wildman–Crippen MR) is 97.5 cm³/mol. The summed E-state index contributed by atoms with van der Waals surface area (Å²) < 4.78 is 5.30. The summed E-state index contributed by atoms with van der Waals surface area (Å²) in [4.78, 5) is 11.5. The Kier molecular flexibility index (Phi) is 13.5. The van der Waals surface area contributed by atoms with Crippen LogP contribution in [0.2, 0.25) is 0 Å². The largest absolute Gasteiger partial charge is 0.460 e. The lowest BCUT2D eigenvalue weighted by atomic mass is 10.0. The van der Waals surface area contributed by atoms with Crippen LogP contribution in [0.3, 0.4) is 0 Å². The summed E-state index contributed by atoms with van der Waals surface area (Å²) in [6.07, 6.45) is 15.0. The first-order valence-corrected chi connectivity index (χ1v) is 9.71. The van der Waals surface area contributed by atoms with Crippen molar-refractivity contribution in [3.63, 3.8) is 0 Å². The minimum Gasteiger partial charge on any atom is -0.460 e. The van der Waals surface area contributed by atoms with Gasteiger partial charge in [0.2, 0.25) is 0 Å². The number of hydrogen-bond donors (Lipinski definition) is 1. The van der Waals surface area contributed by atoms with Crippen molar-refractivity contribution < 1.29 is 14.6 Å². The Bertz CT molecular complexity index is 279. The van der Waals surface area contributed by atoms with E-state index in [9.17, 15) is 4.79 Å². The van der Waals surface area contributed by atoms with Gasteiger partial charge in [-0.05, 0) is 40.5 Å². The minimum absolute atomic E-state index is 0.0620. The summed E-state index contributed by atoms with van der Waals surface area (Å²) in [5.74, 6) is -0.0620. The van der Waals surface area contributed by atoms with E-state index in [1.807, 2.05) is 27.7 Å². The van der Waals surface area contributed by atoms with Gasteiger partial charge in [0.05, 0.1) is 6.10 Å². The summed E-state index contributed by atoms with van der Waals surface area (Å²) >= 11 is 0. The molecule has 0 bridgehead atoms. The number of carbonyl (C=O) groups is 1. The third-order valence-corrected chi connectivity index (χ3v) is 3.92. The normalized spacial score (nSPS) is 13.1. The molecule has 23 heavy (non-hydrogen) atoms. The molecule has 0 aliphatic rings. The maximum Gasteiger partial charge on any atom is 0.306 e. The monoisotopic (exact) mass is 328 g/mol. The van der Waals surface area contributed by atoms with Crippen molar-refractivity contribution in [2.75, 3.05) is 0 Å². The standard InChI is InChI=1S/C20H40O3/c1-18(21)16-14-12-10-8-6-5-7-9-11-13-15-17-19(22)23-20(2,3)4/h18,21H,5-17H2,1-4H3. The fourth-order valence-corrected chi connectivity index (χ4v) is 2.69. The van der Waals surface area contributed by atoms with Crippen molar-refractivity contribution in [1.82, 2.24) is 0 Å². The third-order valence-electron chi connectivity index (χ3n) is 3.92. The summed E-state index contributed by atoms with van der Waals surface area (Å²) in [6.45, 7) is 7.61. The first kappa shape index (κ1) is 22.4. The molecule has 3 heteroatoms. The molecular formula is C20H40O3. The Labute approximate surface area is 144 Å². The van der Waals surface area contributed by atoms with Crippen LogP contribution >= 0.6 is 0 Å². The molecule has 3 nitrogen and oxygen atoms in total. The van der Waals surface area contributed by atoms with Crippen LogP contribution in [0.25, 0.3) is 0 Å². The average Bonchev–Trinajstić information content (AvgIpc) is 2.41. The van der Waals surface area contributed by atoms with E-state index >= 15 is 0 Å². The molecule has 138 valence electrons. The molecule has 1 atom stereocenters. The summed E-state index contributed by atoms with van der Waals surface area (Å²) in [7, 11) is 0. The lowest BCUT2D eigenvalue weighted by molar-refractivity contribution is -0.154. The van der Waals surface area contributed by atoms with Crippen LogP contribution in [0.5, 0.6) is 0 Å². The number of unbranched alkanes of at least 4 members (excludes halogenated alkanes) is 10. The molecule has 0 saturated carbocycles. The van der Waals surface area contributed by atoms with Crippen LogP contribution < -0.4 is 0 Å². The van der Waals surface area contributed by atoms with Crippen LogP contribution in [-0.4, -0.2) is 22.8 Å². The lowest BCUT2D eigenvalue weighted by Gasteiger charge is -2.19. The molecule has 0 aromatic rings. The molecule has 0 spiro atoms. The second-order valence-electron chi connectivity index (χ2n) is 7.86. The van der Waals surface area contributed by atoms with Gasteiger partial charge in [-0.2, -0.15) is 0 Å². The molecule has 0 radical (unpaired) electrons. The molecule has 0 aliphatic heterocycles. The quantitative estimate of drug-likeness (QED) is 0.325. The van der Waals surface area contributed by atoms with Crippen LogP contribution in [0, 0.1) is 0 Å². The molecular weight excluding hydrogens is 288 g/mol. The Hall–Kier alpha value is -0.570. The number of aliphatic hydroxyl groups excluding tert-OH is 1. The predicted octanol–water partition coefficient (Wildman–Crippen LogP) is 5.78. The van der Waals surface area contributed by atoms with Crippen molar-refractivity contribution in [1.29, 1.82) is 0 Å². The fourth-order valence-electron chi connectivity index (χ4n) is 2.69. The van der Waals surface area contributed by atoms with Crippen molar-refractivity contribution in [3.05, 3.63) is 0 Å². The molecule has 0 amide bonds. The number of hydrogen-bond acceptors (Lipinski definition) is 3. The summed E-state index contributed by atoms with van der Waals surface area (Å²) in [5, 5.41) is 9.17. The number of carbonyl (C=O) groups excluding carboxylic acids is 1. The molecule has 0 saturated heterocycles. The van der Waals surface area contributed by atoms with Gasteiger partial charge in [-0.1, -0.05) is 64.2 Å². The topological polar surface area (TPSA) is 46.5 Å². The minimum atomic E-state index is -0.354. The molecule has 1 unspecified atom stereocenters. The molecule has 0 rings (SSSR count). The highest BCUT2D eigenvalue weighted by atomic mass is 16.6. The van der Waals surface area contributed by atoms with Crippen LogP contribution in [-0.2, 0) is 9.53 Å². The maximum absolute atomic E-state index is 11.5. The highest BCUT2D eigenvalue weighted by Crippen LogP contribution is 2.14. The Morgan fingerprint density at radius 3 is 1.61 bits per heavy atom. The van der Waals surface area contributed by atoms with E-state index in [0.717, 1.165) is 25.7 Å². The van der Waals surface area contributed by atoms with Gasteiger partial charge < -0.3 is 9.84 Å². The third kappa shape index (κ3) is 19.4. The van der Waals surface area contributed by atoms with Crippen LogP contribution in [0.1, 0.15) is 111 Å². The number of esters is 1. The highest BCUT2D eigenvalue weighted by molar-refractivity contribution is 5.69. The van der Waals surface area contributed by atoms with E-state index < -0.39 is 0 Å². The number of rotatable bonds is 14. The second kappa shape index (κ2) is 13.8.